The maximum absolute atomic E-state index is 13.9. The van der Waals surface area contributed by atoms with Gasteiger partial charge in [-0.3, -0.25) is 4.79 Å². The van der Waals surface area contributed by atoms with Crippen molar-refractivity contribution >= 4 is 23.3 Å². The summed E-state index contributed by atoms with van der Waals surface area (Å²) >= 11 is 5.71. The van der Waals surface area contributed by atoms with Crippen molar-refractivity contribution in [2.45, 2.75) is 24.9 Å². The van der Waals surface area contributed by atoms with Gasteiger partial charge in [0.2, 0.25) is 11.2 Å². The molecule has 1 atom stereocenters. The molecule has 0 aromatic carbocycles. The van der Waals surface area contributed by atoms with Gasteiger partial charge in [-0.15, -0.1) is 0 Å². The fourth-order valence-electron chi connectivity index (χ4n) is 2.14. The zero-order valence-corrected chi connectivity index (χ0v) is 11.4. The Morgan fingerprint density at radius 3 is 3.10 bits per heavy atom. The molecule has 2 aliphatic rings. The third kappa shape index (κ3) is 2.83. The normalized spacial score (nSPS) is 22.7. The highest BCUT2D eigenvalue weighted by atomic mass is 35.5. The van der Waals surface area contributed by atoms with E-state index in [2.05, 4.69) is 15.3 Å². The van der Waals surface area contributed by atoms with Gasteiger partial charge < -0.3 is 15.0 Å². The van der Waals surface area contributed by atoms with Crippen molar-refractivity contribution in [1.29, 1.82) is 0 Å². The Kier molecular flexibility index (Phi) is 3.71. The highest BCUT2D eigenvalue weighted by Gasteiger charge is 2.35. The summed E-state index contributed by atoms with van der Waals surface area (Å²) in [6, 6.07) is -0.352. The average Bonchev–Trinajstić information content (AvgIpc) is 3.25. The van der Waals surface area contributed by atoms with Crippen molar-refractivity contribution < 1.29 is 13.9 Å². The first-order valence-electron chi connectivity index (χ1n) is 6.48. The monoisotopic (exact) mass is 300 g/mol. The first-order valence-corrected chi connectivity index (χ1v) is 6.86. The van der Waals surface area contributed by atoms with Crippen LogP contribution in [0.25, 0.3) is 0 Å². The van der Waals surface area contributed by atoms with Gasteiger partial charge in [0, 0.05) is 12.6 Å². The Morgan fingerprint density at radius 2 is 2.35 bits per heavy atom. The van der Waals surface area contributed by atoms with Crippen molar-refractivity contribution in [2.75, 3.05) is 24.7 Å². The summed E-state index contributed by atoms with van der Waals surface area (Å²) in [5.41, 5.74) is 0. The van der Waals surface area contributed by atoms with E-state index >= 15 is 0 Å². The average molecular weight is 301 g/mol. The predicted octanol–water partition coefficient (Wildman–Crippen LogP) is 0.753. The van der Waals surface area contributed by atoms with Gasteiger partial charge in [0.05, 0.1) is 19.4 Å². The van der Waals surface area contributed by atoms with E-state index in [0.717, 1.165) is 19.0 Å². The fourth-order valence-corrected chi connectivity index (χ4v) is 2.27. The van der Waals surface area contributed by atoms with Gasteiger partial charge in [0.15, 0.2) is 11.6 Å². The topological polar surface area (TPSA) is 67.3 Å². The third-order valence-electron chi connectivity index (χ3n) is 3.32. The van der Waals surface area contributed by atoms with E-state index in [1.165, 1.54) is 0 Å². The van der Waals surface area contributed by atoms with Crippen LogP contribution in [0.15, 0.2) is 6.20 Å². The van der Waals surface area contributed by atoms with Crippen LogP contribution in [0.5, 0.6) is 0 Å². The molecular formula is C12H14ClFN4O2. The molecule has 0 spiro atoms. The van der Waals surface area contributed by atoms with Gasteiger partial charge in [-0.25, -0.2) is 9.37 Å². The summed E-state index contributed by atoms with van der Waals surface area (Å²) in [5, 5.41) is 2.85. The lowest BCUT2D eigenvalue weighted by molar-refractivity contribution is -0.124. The van der Waals surface area contributed by atoms with Crippen LogP contribution in [-0.4, -0.2) is 47.7 Å². The Balaban J connectivity index is 1.83. The molecule has 1 aromatic rings. The van der Waals surface area contributed by atoms with E-state index in [1.807, 2.05) is 0 Å². The lowest BCUT2D eigenvalue weighted by Crippen LogP contribution is -2.55. The van der Waals surface area contributed by atoms with Crippen molar-refractivity contribution in [3.05, 3.63) is 17.3 Å². The van der Waals surface area contributed by atoms with Crippen molar-refractivity contribution in [2.24, 2.45) is 0 Å². The van der Waals surface area contributed by atoms with Gasteiger partial charge in [-0.05, 0) is 24.4 Å². The van der Waals surface area contributed by atoms with E-state index in [4.69, 9.17) is 16.3 Å². The number of anilines is 1. The van der Waals surface area contributed by atoms with E-state index in [1.54, 1.807) is 4.90 Å². The molecule has 0 bridgehead atoms. The highest BCUT2D eigenvalue weighted by Crippen LogP contribution is 2.24. The summed E-state index contributed by atoms with van der Waals surface area (Å²) in [6.45, 7) is 1.00. The van der Waals surface area contributed by atoms with Gasteiger partial charge in [0.1, 0.15) is 6.04 Å². The molecule has 1 aromatic heterocycles. The van der Waals surface area contributed by atoms with E-state index in [9.17, 15) is 9.18 Å². The number of amides is 1. The van der Waals surface area contributed by atoms with Gasteiger partial charge in [0.25, 0.3) is 0 Å². The molecule has 1 amide bonds. The molecule has 20 heavy (non-hydrogen) atoms. The van der Waals surface area contributed by atoms with Gasteiger partial charge in [-0.2, -0.15) is 4.98 Å². The lowest BCUT2D eigenvalue weighted by atomic mass is 10.2. The minimum Gasteiger partial charge on any atom is -0.377 e. The molecule has 1 aliphatic carbocycles. The summed E-state index contributed by atoms with van der Waals surface area (Å²) in [6.07, 6.45) is 3.00. The first-order chi connectivity index (χ1) is 9.65. The van der Waals surface area contributed by atoms with Crippen LogP contribution < -0.4 is 10.2 Å². The molecule has 1 saturated heterocycles. The summed E-state index contributed by atoms with van der Waals surface area (Å²) in [5.74, 6) is -0.717. The number of morpholine rings is 1. The quantitative estimate of drug-likeness (QED) is 0.835. The molecule has 6 nitrogen and oxygen atoms in total. The van der Waals surface area contributed by atoms with Crippen LogP contribution in [0.1, 0.15) is 12.8 Å². The molecular weight excluding hydrogens is 287 g/mol. The van der Waals surface area contributed by atoms with Crippen LogP contribution in [0.2, 0.25) is 5.28 Å². The van der Waals surface area contributed by atoms with Crippen LogP contribution >= 0.6 is 11.6 Å². The van der Waals surface area contributed by atoms with E-state index < -0.39 is 11.9 Å². The SMILES string of the molecule is O=C(NC1CC1)C1COCCN1c1nc(Cl)ncc1F. The molecule has 3 rings (SSSR count). The number of nitrogens with one attached hydrogen (secondary N) is 1. The minimum absolute atomic E-state index is 0.0456. The number of carbonyl (C=O) groups is 1. The Labute approximate surface area is 120 Å². The van der Waals surface area contributed by atoms with Crippen LogP contribution in [0.4, 0.5) is 10.2 Å². The predicted molar refractivity (Wildman–Crippen MR) is 70.1 cm³/mol. The standard InChI is InChI=1S/C12H14ClFN4O2/c13-12-15-5-8(14)10(17-12)18-3-4-20-6-9(18)11(19)16-7-1-2-7/h5,7,9H,1-4,6H2,(H,16,19). The zero-order chi connectivity index (χ0) is 14.1. The smallest absolute Gasteiger partial charge is 0.245 e. The third-order valence-corrected chi connectivity index (χ3v) is 3.51. The van der Waals surface area contributed by atoms with Crippen molar-refractivity contribution in [3.63, 3.8) is 0 Å². The van der Waals surface area contributed by atoms with Gasteiger partial charge in [-0.1, -0.05) is 0 Å². The Hall–Kier alpha value is -1.47. The first kappa shape index (κ1) is 13.5. The number of carbonyl (C=O) groups excluding carboxylic acids is 1. The Morgan fingerprint density at radius 1 is 1.55 bits per heavy atom. The largest absolute Gasteiger partial charge is 0.377 e. The molecule has 1 unspecified atom stereocenters. The molecule has 1 aliphatic heterocycles. The van der Waals surface area contributed by atoms with Crippen LogP contribution in [0.3, 0.4) is 0 Å². The van der Waals surface area contributed by atoms with Gasteiger partial charge >= 0.3 is 0 Å². The van der Waals surface area contributed by atoms with Crippen molar-refractivity contribution in [1.82, 2.24) is 15.3 Å². The number of hydrogen-bond donors (Lipinski definition) is 1. The second kappa shape index (κ2) is 5.49. The van der Waals surface area contributed by atoms with E-state index in [-0.39, 0.29) is 29.7 Å². The number of rotatable bonds is 3. The zero-order valence-electron chi connectivity index (χ0n) is 10.7. The second-order valence-electron chi connectivity index (χ2n) is 4.88. The summed E-state index contributed by atoms with van der Waals surface area (Å²) in [4.78, 5) is 21.3. The maximum Gasteiger partial charge on any atom is 0.245 e. The highest BCUT2D eigenvalue weighted by molar-refractivity contribution is 6.28. The van der Waals surface area contributed by atoms with Crippen molar-refractivity contribution in [3.8, 4) is 0 Å². The van der Waals surface area contributed by atoms with E-state index in [0.29, 0.717) is 13.2 Å². The van der Waals surface area contributed by atoms with Crippen LogP contribution in [-0.2, 0) is 9.53 Å². The van der Waals surface area contributed by atoms with Crippen LogP contribution in [0, 0.1) is 5.82 Å². The fraction of sp³-hybridized carbons (Fsp3) is 0.583. The number of ether oxygens (including phenoxy) is 1. The number of nitrogens with zero attached hydrogens (tertiary/aromatic N) is 3. The molecule has 108 valence electrons. The summed E-state index contributed by atoms with van der Waals surface area (Å²) < 4.78 is 19.2. The summed E-state index contributed by atoms with van der Waals surface area (Å²) in [7, 11) is 0. The maximum atomic E-state index is 13.9. The molecule has 2 fully saturated rings. The molecule has 0 radical (unpaired) electrons. The number of halogens is 2. The second-order valence-corrected chi connectivity index (χ2v) is 5.22. The number of aromatic nitrogens is 2. The lowest BCUT2D eigenvalue weighted by Gasteiger charge is -2.35. The molecule has 8 heteroatoms. The molecule has 2 heterocycles. The molecule has 1 saturated carbocycles. The molecule has 1 N–H and O–H groups in total. The minimum atomic E-state index is -0.597. The number of hydrogen-bond acceptors (Lipinski definition) is 5. The Bertz CT molecular complexity index is 526.